The second-order valence-corrected chi connectivity index (χ2v) is 10.3. The fourth-order valence-corrected chi connectivity index (χ4v) is 5.74. The Hall–Kier alpha value is -1.90. The standard InChI is InChI=1S/C20H27N3O3S2/c1-15(2)19(21-28(25,26)18-9-6-14-27-18)20(24)23-12-10-22(11-13-23)17-8-5-4-7-16(17)3/h4-9,14-15,19,21H,10-13H2,1-3H3/t19-/m1/s1. The first-order valence-electron chi connectivity index (χ1n) is 9.45. The first kappa shape index (κ1) is 20.8. The van der Waals surface area contributed by atoms with Gasteiger partial charge in [-0.2, -0.15) is 4.72 Å². The van der Waals surface area contributed by atoms with Crippen molar-refractivity contribution in [3.05, 3.63) is 47.3 Å². The van der Waals surface area contributed by atoms with Crippen molar-refractivity contribution < 1.29 is 13.2 Å². The lowest BCUT2D eigenvalue weighted by molar-refractivity contribution is -0.134. The molecular formula is C20H27N3O3S2. The van der Waals surface area contributed by atoms with E-state index in [1.807, 2.05) is 26.0 Å². The fraction of sp³-hybridized carbons (Fsp3) is 0.450. The molecule has 1 aromatic carbocycles. The lowest BCUT2D eigenvalue weighted by Gasteiger charge is -2.38. The zero-order chi connectivity index (χ0) is 20.3. The summed E-state index contributed by atoms with van der Waals surface area (Å²) in [6.45, 7) is 8.44. The van der Waals surface area contributed by atoms with Crippen molar-refractivity contribution in [1.29, 1.82) is 0 Å². The van der Waals surface area contributed by atoms with Gasteiger partial charge in [-0.15, -0.1) is 11.3 Å². The van der Waals surface area contributed by atoms with Crippen LogP contribution in [0.1, 0.15) is 19.4 Å². The third kappa shape index (κ3) is 4.56. The second-order valence-electron chi connectivity index (χ2n) is 7.37. The van der Waals surface area contributed by atoms with Crippen molar-refractivity contribution in [2.75, 3.05) is 31.1 Å². The number of hydrogen-bond donors (Lipinski definition) is 1. The molecule has 0 unspecified atom stereocenters. The van der Waals surface area contributed by atoms with E-state index in [1.165, 1.54) is 11.3 Å². The Bertz CT molecular complexity index is 903. The molecule has 6 nitrogen and oxygen atoms in total. The molecule has 3 rings (SSSR count). The third-order valence-corrected chi connectivity index (χ3v) is 7.86. The van der Waals surface area contributed by atoms with Gasteiger partial charge in [0.15, 0.2) is 0 Å². The van der Waals surface area contributed by atoms with Gasteiger partial charge in [0.25, 0.3) is 10.0 Å². The number of para-hydroxylation sites is 1. The molecule has 0 saturated carbocycles. The van der Waals surface area contributed by atoms with Gasteiger partial charge in [-0.1, -0.05) is 38.1 Å². The molecule has 152 valence electrons. The SMILES string of the molecule is Cc1ccccc1N1CCN(C(=O)[C@H](NS(=O)(=O)c2cccs2)C(C)C)CC1. The molecule has 28 heavy (non-hydrogen) atoms. The molecule has 0 spiro atoms. The molecule has 1 aliphatic rings. The molecule has 2 heterocycles. The minimum absolute atomic E-state index is 0.142. The fourth-order valence-electron chi connectivity index (χ4n) is 3.40. The van der Waals surface area contributed by atoms with Gasteiger partial charge in [-0.3, -0.25) is 4.79 Å². The Kier molecular flexibility index (Phi) is 6.42. The van der Waals surface area contributed by atoms with E-state index in [-0.39, 0.29) is 16.0 Å². The maximum atomic E-state index is 13.1. The minimum Gasteiger partial charge on any atom is -0.368 e. The average molecular weight is 422 g/mol. The van der Waals surface area contributed by atoms with Crippen LogP contribution in [-0.4, -0.2) is 51.4 Å². The number of nitrogens with one attached hydrogen (secondary N) is 1. The Balaban J connectivity index is 1.67. The quantitative estimate of drug-likeness (QED) is 0.779. The summed E-state index contributed by atoms with van der Waals surface area (Å²) in [4.78, 5) is 17.1. The lowest BCUT2D eigenvalue weighted by Crippen LogP contribution is -2.56. The van der Waals surface area contributed by atoms with Gasteiger partial charge < -0.3 is 9.80 Å². The molecule has 2 aromatic rings. The van der Waals surface area contributed by atoms with Gasteiger partial charge in [0.05, 0.1) is 0 Å². The van der Waals surface area contributed by atoms with E-state index in [2.05, 4.69) is 28.7 Å². The van der Waals surface area contributed by atoms with Gasteiger partial charge in [0.1, 0.15) is 10.3 Å². The zero-order valence-corrected chi connectivity index (χ0v) is 18.1. The number of benzene rings is 1. The van der Waals surface area contributed by atoms with Crippen molar-refractivity contribution in [2.45, 2.75) is 31.0 Å². The average Bonchev–Trinajstić information content (AvgIpc) is 3.22. The molecule has 1 saturated heterocycles. The number of carbonyl (C=O) groups excluding carboxylic acids is 1. The molecule has 1 aromatic heterocycles. The number of piperazine rings is 1. The van der Waals surface area contributed by atoms with E-state index in [9.17, 15) is 13.2 Å². The van der Waals surface area contributed by atoms with E-state index >= 15 is 0 Å². The second kappa shape index (κ2) is 8.63. The van der Waals surface area contributed by atoms with Crippen molar-refractivity contribution in [1.82, 2.24) is 9.62 Å². The Morgan fingerprint density at radius 1 is 1.07 bits per heavy atom. The third-order valence-electron chi connectivity index (χ3n) is 5.02. The van der Waals surface area contributed by atoms with Crippen LogP contribution in [0.5, 0.6) is 0 Å². The summed E-state index contributed by atoms with van der Waals surface area (Å²) in [5.41, 5.74) is 2.40. The highest BCUT2D eigenvalue weighted by Gasteiger charge is 2.33. The summed E-state index contributed by atoms with van der Waals surface area (Å²) in [6, 6.07) is 10.7. The summed E-state index contributed by atoms with van der Waals surface area (Å²) < 4.78 is 28.0. The number of sulfonamides is 1. The van der Waals surface area contributed by atoms with Crippen molar-refractivity contribution in [2.24, 2.45) is 5.92 Å². The van der Waals surface area contributed by atoms with Crippen LogP contribution < -0.4 is 9.62 Å². The van der Waals surface area contributed by atoms with Crippen molar-refractivity contribution in [3.8, 4) is 0 Å². The Morgan fingerprint density at radius 2 is 1.75 bits per heavy atom. The minimum atomic E-state index is -3.69. The number of amides is 1. The van der Waals surface area contributed by atoms with E-state index in [0.717, 1.165) is 24.4 Å². The van der Waals surface area contributed by atoms with Crippen LogP contribution in [0.2, 0.25) is 0 Å². The van der Waals surface area contributed by atoms with Gasteiger partial charge in [0, 0.05) is 31.9 Å². The molecule has 1 fully saturated rings. The molecule has 0 radical (unpaired) electrons. The number of anilines is 1. The number of nitrogens with zero attached hydrogens (tertiary/aromatic N) is 2. The van der Waals surface area contributed by atoms with Crippen molar-refractivity contribution in [3.63, 3.8) is 0 Å². The van der Waals surface area contributed by atoms with Crippen LogP contribution in [-0.2, 0) is 14.8 Å². The highest BCUT2D eigenvalue weighted by molar-refractivity contribution is 7.91. The first-order valence-corrected chi connectivity index (χ1v) is 11.8. The number of thiophene rings is 1. The maximum Gasteiger partial charge on any atom is 0.250 e. The van der Waals surface area contributed by atoms with Crippen molar-refractivity contribution >= 4 is 33.0 Å². The molecule has 0 bridgehead atoms. The molecule has 1 N–H and O–H groups in total. The molecule has 8 heteroatoms. The monoisotopic (exact) mass is 421 g/mol. The van der Waals surface area contributed by atoms with Crippen LogP contribution in [0.4, 0.5) is 5.69 Å². The highest BCUT2D eigenvalue weighted by Crippen LogP contribution is 2.22. The van der Waals surface area contributed by atoms with Gasteiger partial charge in [-0.05, 0) is 35.9 Å². The topological polar surface area (TPSA) is 69.7 Å². The normalized spacial score (nSPS) is 16.4. The molecule has 0 aliphatic carbocycles. The smallest absolute Gasteiger partial charge is 0.250 e. The van der Waals surface area contributed by atoms with E-state index < -0.39 is 16.1 Å². The summed E-state index contributed by atoms with van der Waals surface area (Å²) in [7, 11) is -3.69. The van der Waals surface area contributed by atoms with Crippen LogP contribution in [0.25, 0.3) is 0 Å². The summed E-state index contributed by atoms with van der Waals surface area (Å²) in [6.07, 6.45) is 0. The lowest BCUT2D eigenvalue weighted by atomic mass is 10.0. The summed E-state index contributed by atoms with van der Waals surface area (Å²) in [5, 5.41) is 1.71. The zero-order valence-electron chi connectivity index (χ0n) is 16.5. The first-order chi connectivity index (χ1) is 13.3. The predicted molar refractivity (Wildman–Crippen MR) is 113 cm³/mol. The number of aryl methyl sites for hydroxylation is 1. The molecule has 1 atom stereocenters. The van der Waals surface area contributed by atoms with Crippen LogP contribution in [0.3, 0.4) is 0 Å². The maximum absolute atomic E-state index is 13.1. The Labute approximate surface area is 171 Å². The van der Waals surface area contributed by atoms with Crippen LogP contribution in [0, 0.1) is 12.8 Å². The van der Waals surface area contributed by atoms with Crippen LogP contribution in [0.15, 0.2) is 46.0 Å². The summed E-state index contributed by atoms with van der Waals surface area (Å²) >= 11 is 1.15. The van der Waals surface area contributed by atoms with Gasteiger partial charge in [0.2, 0.25) is 5.91 Å². The number of carbonyl (C=O) groups is 1. The largest absolute Gasteiger partial charge is 0.368 e. The number of hydrogen-bond acceptors (Lipinski definition) is 5. The molecule has 1 aliphatic heterocycles. The van der Waals surface area contributed by atoms with E-state index in [4.69, 9.17) is 0 Å². The molecule has 1 amide bonds. The van der Waals surface area contributed by atoms with E-state index in [0.29, 0.717) is 13.1 Å². The van der Waals surface area contributed by atoms with Gasteiger partial charge >= 0.3 is 0 Å². The van der Waals surface area contributed by atoms with E-state index in [1.54, 1.807) is 22.4 Å². The van der Waals surface area contributed by atoms with Gasteiger partial charge in [-0.25, -0.2) is 8.42 Å². The molecular weight excluding hydrogens is 394 g/mol. The van der Waals surface area contributed by atoms with Crippen LogP contribution >= 0.6 is 11.3 Å². The number of rotatable bonds is 6. The predicted octanol–water partition coefficient (Wildman–Crippen LogP) is 2.71. The highest BCUT2D eigenvalue weighted by atomic mass is 32.2. The Morgan fingerprint density at radius 3 is 2.32 bits per heavy atom. The summed E-state index contributed by atoms with van der Waals surface area (Å²) in [5.74, 6) is -0.295.